The van der Waals surface area contributed by atoms with Crippen molar-refractivity contribution >= 4 is 39.5 Å². The van der Waals surface area contributed by atoms with Crippen LogP contribution in [0.25, 0.3) is 20.5 Å². The second-order valence-corrected chi connectivity index (χ2v) is 11.5. The number of rotatable bonds is 11. The van der Waals surface area contributed by atoms with Crippen LogP contribution >= 0.6 is 11.3 Å². The molecular formula is C34H35NO8S. The van der Waals surface area contributed by atoms with Crippen LogP contribution in [-0.4, -0.2) is 62.4 Å². The van der Waals surface area contributed by atoms with Gasteiger partial charge in [-0.15, -0.1) is 11.3 Å². The summed E-state index contributed by atoms with van der Waals surface area (Å²) in [5.41, 5.74) is 1.79. The van der Waals surface area contributed by atoms with Crippen LogP contribution in [0.4, 0.5) is 9.59 Å². The van der Waals surface area contributed by atoms with Gasteiger partial charge in [0, 0.05) is 39.2 Å². The standard InChI is InChI=1S/C34H35NO8S/c1-4-39-33(37)42-26-12-8-24(9-13-26)32-30(28-15-14-27(20-29(28)44-32)43-34(38)40-5-2)31(36)23-6-10-25(11-7-23)41-19-18-35-17-16-22(3)21-35/h6-15,20,22H,4-5,16-19,21H2,1-3H3. The lowest BCUT2D eigenvalue weighted by atomic mass is 9.97. The van der Waals surface area contributed by atoms with Gasteiger partial charge >= 0.3 is 12.3 Å². The van der Waals surface area contributed by atoms with Crippen LogP contribution in [0.5, 0.6) is 17.2 Å². The first-order valence-corrected chi connectivity index (χ1v) is 15.5. The molecule has 0 aliphatic carbocycles. The highest BCUT2D eigenvalue weighted by Crippen LogP contribution is 2.42. The Balaban J connectivity index is 1.41. The van der Waals surface area contributed by atoms with Crippen molar-refractivity contribution in [1.82, 2.24) is 4.90 Å². The fourth-order valence-electron chi connectivity index (χ4n) is 5.10. The number of nitrogens with zero attached hydrogens (tertiary/aromatic N) is 1. The molecule has 1 aliphatic heterocycles. The summed E-state index contributed by atoms with van der Waals surface area (Å²) in [4.78, 5) is 40.8. The van der Waals surface area contributed by atoms with Gasteiger partial charge in [0.2, 0.25) is 0 Å². The summed E-state index contributed by atoms with van der Waals surface area (Å²) >= 11 is 1.39. The van der Waals surface area contributed by atoms with E-state index in [0.29, 0.717) is 35.0 Å². The number of benzene rings is 3. The largest absolute Gasteiger partial charge is 0.513 e. The molecule has 1 aromatic heterocycles. The zero-order valence-corrected chi connectivity index (χ0v) is 25.8. The quantitative estimate of drug-likeness (QED) is 0.0957. The summed E-state index contributed by atoms with van der Waals surface area (Å²) in [7, 11) is 0. The van der Waals surface area contributed by atoms with Crippen LogP contribution in [-0.2, 0) is 9.47 Å². The van der Waals surface area contributed by atoms with E-state index in [4.69, 9.17) is 23.7 Å². The molecule has 5 rings (SSSR count). The van der Waals surface area contributed by atoms with Crippen LogP contribution in [0.2, 0.25) is 0 Å². The van der Waals surface area contributed by atoms with Gasteiger partial charge in [-0.05, 0) is 105 Å². The van der Waals surface area contributed by atoms with Crippen molar-refractivity contribution in [2.24, 2.45) is 5.92 Å². The first-order chi connectivity index (χ1) is 21.3. The molecule has 1 saturated heterocycles. The van der Waals surface area contributed by atoms with Gasteiger partial charge in [-0.3, -0.25) is 9.69 Å². The Bertz CT molecular complexity index is 1610. The monoisotopic (exact) mass is 617 g/mol. The third-order valence-electron chi connectivity index (χ3n) is 7.23. The van der Waals surface area contributed by atoms with Crippen molar-refractivity contribution in [3.05, 3.63) is 77.9 Å². The van der Waals surface area contributed by atoms with Gasteiger partial charge in [0.25, 0.3) is 0 Å². The Kier molecular flexibility index (Phi) is 10.1. The van der Waals surface area contributed by atoms with Crippen molar-refractivity contribution < 1.29 is 38.1 Å². The minimum absolute atomic E-state index is 0.158. The molecule has 0 bridgehead atoms. The number of ether oxygens (including phenoxy) is 5. The molecule has 1 atom stereocenters. The molecule has 1 unspecified atom stereocenters. The van der Waals surface area contributed by atoms with Gasteiger partial charge in [-0.25, -0.2) is 9.59 Å². The Hall–Kier alpha value is -4.41. The lowest BCUT2D eigenvalue weighted by Crippen LogP contribution is -2.25. The van der Waals surface area contributed by atoms with E-state index in [9.17, 15) is 14.4 Å². The summed E-state index contributed by atoms with van der Waals surface area (Å²) in [6.45, 7) is 9.74. The molecule has 9 nitrogen and oxygen atoms in total. The van der Waals surface area contributed by atoms with Crippen LogP contribution in [0.3, 0.4) is 0 Å². The Morgan fingerprint density at radius 1 is 0.841 bits per heavy atom. The van der Waals surface area contributed by atoms with Gasteiger partial charge in [0.05, 0.1) is 13.2 Å². The Morgan fingerprint density at radius 2 is 1.48 bits per heavy atom. The molecule has 0 amide bonds. The molecule has 3 aromatic carbocycles. The topological polar surface area (TPSA) is 101 Å². The fourth-order valence-corrected chi connectivity index (χ4v) is 6.33. The highest BCUT2D eigenvalue weighted by molar-refractivity contribution is 7.22. The summed E-state index contributed by atoms with van der Waals surface area (Å²) in [5, 5.41) is 0.721. The van der Waals surface area contributed by atoms with Gasteiger partial charge in [-0.1, -0.05) is 6.92 Å². The molecule has 10 heteroatoms. The number of thiophene rings is 1. The number of carbonyl (C=O) groups is 3. The lowest BCUT2D eigenvalue weighted by Gasteiger charge is -2.15. The van der Waals surface area contributed by atoms with E-state index in [0.717, 1.165) is 46.1 Å². The van der Waals surface area contributed by atoms with Crippen LogP contribution in [0.1, 0.15) is 43.1 Å². The first-order valence-electron chi connectivity index (χ1n) is 14.7. The Morgan fingerprint density at radius 3 is 2.11 bits per heavy atom. The molecule has 0 spiro atoms. The molecule has 1 fully saturated rings. The maximum atomic E-state index is 14.0. The van der Waals surface area contributed by atoms with E-state index in [-0.39, 0.29) is 19.0 Å². The average molecular weight is 618 g/mol. The van der Waals surface area contributed by atoms with Crippen LogP contribution in [0, 0.1) is 5.92 Å². The predicted octanol–water partition coefficient (Wildman–Crippen LogP) is 7.59. The second kappa shape index (κ2) is 14.4. The maximum absolute atomic E-state index is 14.0. The summed E-state index contributed by atoms with van der Waals surface area (Å²) < 4.78 is 27.0. The van der Waals surface area contributed by atoms with Gasteiger partial charge in [-0.2, -0.15) is 0 Å². The fraction of sp³-hybridized carbons (Fsp3) is 0.324. The number of hydrogen-bond donors (Lipinski definition) is 0. The zero-order valence-electron chi connectivity index (χ0n) is 25.0. The normalized spacial score (nSPS) is 14.8. The number of carbonyl (C=O) groups excluding carboxylic acids is 3. The van der Waals surface area contributed by atoms with Gasteiger partial charge < -0.3 is 23.7 Å². The molecule has 0 saturated carbocycles. The number of ketones is 1. The molecular weight excluding hydrogens is 582 g/mol. The highest BCUT2D eigenvalue weighted by Gasteiger charge is 2.23. The van der Waals surface area contributed by atoms with E-state index in [2.05, 4.69) is 11.8 Å². The third kappa shape index (κ3) is 7.56. The zero-order chi connectivity index (χ0) is 31.1. The molecule has 2 heterocycles. The van der Waals surface area contributed by atoms with E-state index < -0.39 is 12.3 Å². The molecule has 0 N–H and O–H groups in total. The van der Waals surface area contributed by atoms with Crippen molar-refractivity contribution in [1.29, 1.82) is 0 Å². The van der Waals surface area contributed by atoms with Gasteiger partial charge in [0.15, 0.2) is 5.78 Å². The number of hydrogen-bond acceptors (Lipinski definition) is 10. The molecule has 4 aromatic rings. The van der Waals surface area contributed by atoms with E-state index in [1.54, 1.807) is 68.4 Å². The average Bonchev–Trinajstić information content (AvgIpc) is 3.60. The summed E-state index contributed by atoms with van der Waals surface area (Å²) in [6.07, 6.45) is -0.360. The lowest BCUT2D eigenvalue weighted by molar-refractivity contribution is 0.103. The molecule has 44 heavy (non-hydrogen) atoms. The first kappa shape index (κ1) is 31.0. The van der Waals surface area contributed by atoms with Gasteiger partial charge in [0.1, 0.15) is 23.9 Å². The van der Waals surface area contributed by atoms with E-state index >= 15 is 0 Å². The Labute approximate surface area is 260 Å². The highest BCUT2D eigenvalue weighted by atomic mass is 32.1. The molecule has 1 aliphatic rings. The summed E-state index contributed by atoms with van der Waals surface area (Å²) in [6, 6.07) is 19.2. The molecule has 230 valence electrons. The van der Waals surface area contributed by atoms with E-state index in [1.165, 1.54) is 17.8 Å². The van der Waals surface area contributed by atoms with Crippen LogP contribution in [0.15, 0.2) is 66.7 Å². The second-order valence-electron chi connectivity index (χ2n) is 10.5. The minimum Gasteiger partial charge on any atom is -0.492 e. The predicted molar refractivity (Wildman–Crippen MR) is 168 cm³/mol. The molecule has 0 radical (unpaired) electrons. The SMILES string of the molecule is CCOC(=O)Oc1ccc(-c2sc3cc(OC(=O)OCC)ccc3c2C(=O)c2ccc(OCCN3CCC(C)C3)cc2)cc1. The van der Waals surface area contributed by atoms with E-state index in [1.807, 2.05) is 12.1 Å². The van der Waals surface area contributed by atoms with Crippen molar-refractivity contribution in [3.63, 3.8) is 0 Å². The minimum atomic E-state index is -0.797. The van der Waals surface area contributed by atoms with Crippen molar-refractivity contribution in [3.8, 4) is 27.7 Å². The summed E-state index contributed by atoms with van der Waals surface area (Å²) in [5.74, 6) is 1.91. The van der Waals surface area contributed by atoms with Crippen LogP contribution < -0.4 is 14.2 Å². The van der Waals surface area contributed by atoms with Crippen molar-refractivity contribution in [2.45, 2.75) is 27.2 Å². The van der Waals surface area contributed by atoms with Crippen molar-refractivity contribution in [2.75, 3.05) is 39.5 Å². The number of fused-ring (bicyclic) bond motifs is 1. The maximum Gasteiger partial charge on any atom is 0.513 e. The smallest absolute Gasteiger partial charge is 0.492 e. The number of likely N-dealkylation sites (tertiary alicyclic amines) is 1. The third-order valence-corrected chi connectivity index (χ3v) is 8.43.